The Balaban J connectivity index is 2.65. The molecule has 15 heavy (non-hydrogen) atoms. The summed E-state index contributed by atoms with van der Waals surface area (Å²) in [6.07, 6.45) is 0. The normalized spacial score (nSPS) is 12.5. The zero-order chi connectivity index (χ0) is 11.1. The predicted octanol–water partition coefficient (Wildman–Crippen LogP) is 3.57. The number of fused-ring (bicyclic) bond motifs is 1. The molecule has 0 aliphatic rings. The Hall–Kier alpha value is -1.01. The summed E-state index contributed by atoms with van der Waals surface area (Å²) >= 11 is 0. The summed E-state index contributed by atoms with van der Waals surface area (Å²) in [5.74, 6) is 0.967. The van der Waals surface area contributed by atoms with Crippen LogP contribution in [-0.4, -0.2) is 12.1 Å². The van der Waals surface area contributed by atoms with Crippen molar-refractivity contribution in [3.63, 3.8) is 0 Å². The molecule has 1 atom stereocenters. The third-order valence-electron chi connectivity index (χ3n) is 2.41. The van der Waals surface area contributed by atoms with Crippen molar-refractivity contribution in [3.05, 3.63) is 23.6 Å². The Kier molecular flexibility index (Phi) is 2.47. The van der Waals surface area contributed by atoms with Crippen molar-refractivity contribution >= 4 is 18.8 Å². The second kappa shape index (κ2) is 3.53. The molecule has 0 aliphatic heterocycles. The fraction of sp³-hybridized carbons (Fsp3) is 0.417. The van der Waals surface area contributed by atoms with Crippen LogP contribution < -0.4 is 4.74 Å². The van der Waals surface area contributed by atoms with Gasteiger partial charge in [0.15, 0.2) is 0 Å². The number of aromatic nitrogens is 1. The molecule has 0 fully saturated rings. The third kappa shape index (κ3) is 1.87. The molecule has 2 aromatic rings. The molecule has 0 N–H and O–H groups in total. The first-order valence-corrected chi connectivity index (χ1v) is 6.05. The SMILES string of the molecule is COc1cccc2nc(C(C)(C)C)[pH]c12. The van der Waals surface area contributed by atoms with E-state index in [1.54, 1.807) is 7.11 Å². The Bertz CT molecular complexity index is 482. The molecule has 2 rings (SSSR count). The highest BCUT2D eigenvalue weighted by atomic mass is 31.0. The minimum absolute atomic E-state index is 0.155. The number of rotatable bonds is 1. The predicted molar refractivity (Wildman–Crippen MR) is 66.5 cm³/mol. The summed E-state index contributed by atoms with van der Waals surface area (Å²) in [5.41, 5.74) is 2.50. The van der Waals surface area contributed by atoms with Crippen LogP contribution in [0.2, 0.25) is 0 Å². The molecule has 2 nitrogen and oxygen atoms in total. The maximum atomic E-state index is 5.35. The fourth-order valence-corrected chi connectivity index (χ4v) is 2.89. The maximum absolute atomic E-state index is 5.35. The molecule has 1 aromatic heterocycles. The van der Waals surface area contributed by atoms with Crippen molar-refractivity contribution in [1.82, 2.24) is 4.98 Å². The van der Waals surface area contributed by atoms with Gasteiger partial charge in [0.1, 0.15) is 5.75 Å². The van der Waals surface area contributed by atoms with E-state index in [1.165, 1.54) is 10.5 Å². The van der Waals surface area contributed by atoms with Crippen LogP contribution in [0.25, 0.3) is 10.6 Å². The lowest BCUT2D eigenvalue weighted by molar-refractivity contribution is 0.420. The van der Waals surface area contributed by atoms with E-state index < -0.39 is 0 Å². The van der Waals surface area contributed by atoms with Crippen LogP contribution in [0.1, 0.15) is 26.2 Å². The van der Waals surface area contributed by atoms with Gasteiger partial charge >= 0.3 is 0 Å². The number of ether oxygens (including phenoxy) is 1. The highest BCUT2D eigenvalue weighted by molar-refractivity contribution is 7.38. The van der Waals surface area contributed by atoms with Crippen LogP contribution in [0.15, 0.2) is 18.2 Å². The molecule has 0 bridgehead atoms. The van der Waals surface area contributed by atoms with Crippen LogP contribution in [0, 0.1) is 0 Å². The van der Waals surface area contributed by atoms with E-state index >= 15 is 0 Å². The van der Waals surface area contributed by atoms with Crippen molar-refractivity contribution < 1.29 is 4.74 Å². The highest BCUT2D eigenvalue weighted by Gasteiger charge is 2.18. The third-order valence-corrected chi connectivity index (χ3v) is 4.26. The van der Waals surface area contributed by atoms with E-state index in [-0.39, 0.29) is 5.41 Å². The first-order valence-electron chi connectivity index (χ1n) is 5.05. The molecule has 1 aromatic carbocycles. The van der Waals surface area contributed by atoms with Gasteiger partial charge in [-0.2, -0.15) is 0 Å². The zero-order valence-electron chi connectivity index (χ0n) is 9.59. The molecule has 0 saturated heterocycles. The van der Waals surface area contributed by atoms with Crippen molar-refractivity contribution in [3.8, 4) is 5.75 Å². The van der Waals surface area contributed by atoms with Crippen LogP contribution in [0.3, 0.4) is 0 Å². The Morgan fingerprint density at radius 2 is 2.00 bits per heavy atom. The second-order valence-electron chi connectivity index (χ2n) is 4.69. The summed E-state index contributed by atoms with van der Waals surface area (Å²) in [6.45, 7) is 6.62. The molecule has 0 aliphatic carbocycles. The Morgan fingerprint density at radius 3 is 2.60 bits per heavy atom. The number of methoxy groups -OCH3 is 1. The minimum Gasteiger partial charge on any atom is -0.496 e. The summed E-state index contributed by atoms with van der Waals surface area (Å²) in [5, 5.41) is 1.25. The Labute approximate surface area is 91.8 Å². The molecule has 0 saturated carbocycles. The van der Waals surface area contributed by atoms with Crippen LogP contribution >= 0.6 is 8.19 Å². The standard InChI is InChI=1S/C12H16NOP/c1-12(2,3)11-13-8-6-5-7-9(14-4)10(8)15-11/h5-7,15H,1-4H3. The second-order valence-corrected chi connectivity index (χ2v) is 5.91. The van der Waals surface area contributed by atoms with E-state index in [9.17, 15) is 0 Å². The molecular weight excluding hydrogens is 205 g/mol. The number of hydrogen-bond donors (Lipinski definition) is 0. The van der Waals surface area contributed by atoms with E-state index in [1.807, 2.05) is 12.1 Å². The van der Waals surface area contributed by atoms with Gasteiger partial charge in [-0.05, 0) is 12.1 Å². The smallest absolute Gasteiger partial charge is 0.132 e. The summed E-state index contributed by atoms with van der Waals surface area (Å²) < 4.78 is 5.35. The number of nitrogens with zero attached hydrogens (tertiary/aromatic N) is 1. The average molecular weight is 221 g/mol. The van der Waals surface area contributed by atoms with Gasteiger partial charge in [-0.15, -0.1) is 8.19 Å². The summed E-state index contributed by atoms with van der Waals surface area (Å²) in [4.78, 5) is 4.68. The lowest BCUT2D eigenvalue weighted by Crippen LogP contribution is -2.09. The molecule has 0 amide bonds. The van der Waals surface area contributed by atoms with Gasteiger partial charge in [0, 0.05) is 5.41 Å². The van der Waals surface area contributed by atoms with E-state index in [0.29, 0.717) is 8.19 Å². The molecule has 80 valence electrons. The average Bonchev–Trinajstić information content (AvgIpc) is 2.59. The monoisotopic (exact) mass is 221 g/mol. The van der Waals surface area contributed by atoms with Gasteiger partial charge in [0.05, 0.1) is 23.2 Å². The first-order chi connectivity index (χ1) is 7.02. The number of hydrogen-bond acceptors (Lipinski definition) is 2. The summed E-state index contributed by atoms with van der Waals surface area (Å²) in [7, 11) is 2.37. The van der Waals surface area contributed by atoms with Gasteiger partial charge in [-0.3, -0.25) is 0 Å². The van der Waals surface area contributed by atoms with Gasteiger partial charge in [0.25, 0.3) is 0 Å². The van der Waals surface area contributed by atoms with Crippen LogP contribution in [-0.2, 0) is 5.41 Å². The fourth-order valence-electron chi connectivity index (χ4n) is 1.53. The number of benzene rings is 1. The molecule has 0 spiro atoms. The van der Waals surface area contributed by atoms with Gasteiger partial charge in [0.2, 0.25) is 0 Å². The van der Waals surface area contributed by atoms with Crippen molar-refractivity contribution in [2.24, 2.45) is 0 Å². The molecular formula is C12H16NOP. The molecule has 3 heteroatoms. The highest BCUT2D eigenvalue weighted by Crippen LogP contribution is 2.39. The quantitative estimate of drug-likeness (QED) is 0.734. The Morgan fingerprint density at radius 1 is 1.27 bits per heavy atom. The van der Waals surface area contributed by atoms with E-state index in [0.717, 1.165) is 11.3 Å². The lowest BCUT2D eigenvalue weighted by Gasteiger charge is -2.14. The topological polar surface area (TPSA) is 22.1 Å². The van der Waals surface area contributed by atoms with E-state index in [2.05, 4.69) is 31.8 Å². The summed E-state index contributed by atoms with van der Waals surface area (Å²) in [6, 6.07) is 6.06. The van der Waals surface area contributed by atoms with E-state index in [4.69, 9.17) is 4.74 Å². The van der Waals surface area contributed by atoms with Crippen molar-refractivity contribution in [1.29, 1.82) is 0 Å². The van der Waals surface area contributed by atoms with Gasteiger partial charge in [-0.25, -0.2) is 4.98 Å². The van der Waals surface area contributed by atoms with Crippen LogP contribution in [0.4, 0.5) is 0 Å². The van der Waals surface area contributed by atoms with Gasteiger partial charge in [-0.1, -0.05) is 26.8 Å². The zero-order valence-corrected chi connectivity index (χ0v) is 10.6. The first kappa shape index (κ1) is 10.5. The molecule has 0 radical (unpaired) electrons. The minimum atomic E-state index is 0.155. The van der Waals surface area contributed by atoms with Gasteiger partial charge < -0.3 is 4.74 Å². The molecule has 1 heterocycles. The maximum Gasteiger partial charge on any atom is 0.132 e. The molecule has 1 unspecified atom stereocenters. The lowest BCUT2D eigenvalue weighted by atomic mass is 9.98. The largest absolute Gasteiger partial charge is 0.496 e. The van der Waals surface area contributed by atoms with Crippen molar-refractivity contribution in [2.75, 3.05) is 7.11 Å². The van der Waals surface area contributed by atoms with Crippen molar-refractivity contribution in [2.45, 2.75) is 26.2 Å². The van der Waals surface area contributed by atoms with Crippen LogP contribution in [0.5, 0.6) is 5.75 Å².